The number of benzene rings is 1. The lowest BCUT2D eigenvalue weighted by molar-refractivity contribution is 1.47. The lowest BCUT2D eigenvalue weighted by Crippen LogP contribution is -1.63. The van der Waals surface area contributed by atoms with Crippen molar-refractivity contribution in [1.82, 2.24) is 0 Å². The molecule has 1 aromatic rings. The highest BCUT2D eigenvalue weighted by molar-refractivity contribution is 8.02. The first-order chi connectivity index (χ1) is 5.43. The second-order valence-electron chi connectivity index (χ2n) is 1.86. The minimum absolute atomic E-state index is 1.15. The second kappa shape index (κ2) is 4.59. The third-order valence-corrected chi connectivity index (χ3v) is 1.91. The first-order valence-electron chi connectivity index (χ1n) is 3.20. The van der Waals surface area contributed by atoms with Gasteiger partial charge in [-0.15, -0.1) is 0 Å². The zero-order valence-electron chi connectivity index (χ0n) is 5.90. The molecule has 0 fully saturated rings. The molecule has 0 aliphatic heterocycles. The first-order valence-corrected chi connectivity index (χ1v) is 4.08. The summed E-state index contributed by atoms with van der Waals surface area (Å²) in [5, 5.41) is 9.97. The van der Waals surface area contributed by atoms with Crippen LogP contribution in [0, 0.1) is 11.3 Å². The van der Waals surface area contributed by atoms with E-state index in [0.717, 1.165) is 4.90 Å². The highest BCUT2D eigenvalue weighted by atomic mass is 32.2. The van der Waals surface area contributed by atoms with E-state index < -0.39 is 0 Å². The molecule has 0 N–H and O–H groups in total. The summed E-state index contributed by atoms with van der Waals surface area (Å²) in [6, 6.07) is 11.9. The molecule has 0 heterocycles. The van der Waals surface area contributed by atoms with E-state index in [4.69, 9.17) is 5.26 Å². The predicted octanol–water partition coefficient (Wildman–Crippen LogP) is 2.82. The van der Waals surface area contributed by atoms with Crippen molar-refractivity contribution in [2.24, 2.45) is 0 Å². The van der Waals surface area contributed by atoms with Crippen LogP contribution in [0.2, 0.25) is 0 Å². The van der Waals surface area contributed by atoms with Crippen molar-refractivity contribution in [2.45, 2.75) is 4.90 Å². The molecule has 0 bridgehead atoms. The summed E-state index contributed by atoms with van der Waals surface area (Å²) in [5.41, 5.74) is 0. The van der Waals surface area contributed by atoms with E-state index in [0.29, 0.717) is 0 Å². The van der Waals surface area contributed by atoms with Gasteiger partial charge in [0.1, 0.15) is 0 Å². The summed E-state index contributed by atoms with van der Waals surface area (Å²) in [6.45, 7) is 0. The number of hydrogen-bond acceptors (Lipinski definition) is 2. The number of allylic oxidation sites excluding steroid dienone is 1. The fourth-order valence-corrected chi connectivity index (χ4v) is 1.24. The first kappa shape index (κ1) is 7.90. The summed E-state index contributed by atoms with van der Waals surface area (Å²) in [6.07, 6.45) is 1.47. The van der Waals surface area contributed by atoms with E-state index in [1.165, 1.54) is 6.08 Å². The van der Waals surface area contributed by atoms with E-state index in [1.54, 1.807) is 17.2 Å². The summed E-state index contributed by atoms with van der Waals surface area (Å²) in [4.78, 5) is 1.15. The van der Waals surface area contributed by atoms with Crippen LogP contribution in [0.1, 0.15) is 0 Å². The van der Waals surface area contributed by atoms with E-state index >= 15 is 0 Å². The van der Waals surface area contributed by atoms with Gasteiger partial charge in [0.25, 0.3) is 0 Å². The van der Waals surface area contributed by atoms with Crippen molar-refractivity contribution >= 4 is 11.8 Å². The summed E-state index contributed by atoms with van der Waals surface area (Å²) in [5.74, 6) is 0. The number of rotatable bonds is 2. The standard InChI is InChI=1S/C9H7NS/c10-7-4-8-11-9-5-2-1-3-6-9/h1-6,8H/b8-4+. The molecule has 0 aliphatic carbocycles. The van der Waals surface area contributed by atoms with Gasteiger partial charge < -0.3 is 0 Å². The molecule has 1 aromatic carbocycles. The minimum Gasteiger partial charge on any atom is -0.193 e. The van der Waals surface area contributed by atoms with Crippen LogP contribution < -0.4 is 0 Å². The number of thioether (sulfide) groups is 1. The Labute approximate surface area is 70.4 Å². The lowest BCUT2D eigenvalue weighted by Gasteiger charge is -1.91. The fourth-order valence-electron chi connectivity index (χ4n) is 0.642. The average molecular weight is 161 g/mol. The average Bonchev–Trinajstić information content (AvgIpc) is 2.07. The molecule has 11 heavy (non-hydrogen) atoms. The van der Waals surface area contributed by atoms with Gasteiger partial charge in [-0.2, -0.15) is 5.26 Å². The molecule has 1 rings (SSSR count). The van der Waals surface area contributed by atoms with Crippen LogP contribution in [0.3, 0.4) is 0 Å². The Hall–Kier alpha value is -1.20. The van der Waals surface area contributed by atoms with E-state index in [2.05, 4.69) is 0 Å². The zero-order chi connectivity index (χ0) is 7.94. The third kappa shape index (κ3) is 2.92. The predicted molar refractivity (Wildman–Crippen MR) is 47.1 cm³/mol. The Kier molecular flexibility index (Phi) is 3.30. The van der Waals surface area contributed by atoms with Crippen molar-refractivity contribution in [3.8, 4) is 6.07 Å². The molecular weight excluding hydrogens is 154 g/mol. The molecule has 0 aromatic heterocycles. The molecule has 0 radical (unpaired) electrons. The summed E-state index contributed by atoms with van der Waals surface area (Å²) >= 11 is 1.54. The van der Waals surface area contributed by atoms with E-state index in [1.807, 2.05) is 36.4 Å². The maximum absolute atomic E-state index is 8.19. The molecule has 2 heteroatoms. The molecule has 0 unspecified atom stereocenters. The Morgan fingerprint density at radius 2 is 2.00 bits per heavy atom. The topological polar surface area (TPSA) is 23.8 Å². The molecule has 0 amide bonds. The van der Waals surface area contributed by atoms with Gasteiger partial charge in [0.05, 0.1) is 6.07 Å². The highest BCUT2D eigenvalue weighted by Gasteiger charge is 1.84. The summed E-state index contributed by atoms with van der Waals surface area (Å²) in [7, 11) is 0. The molecule has 0 saturated carbocycles. The Bertz CT molecular complexity index is 271. The van der Waals surface area contributed by atoms with Crippen LogP contribution in [-0.4, -0.2) is 0 Å². The van der Waals surface area contributed by atoms with Crippen molar-refractivity contribution in [2.75, 3.05) is 0 Å². The van der Waals surface area contributed by atoms with Crippen LogP contribution in [-0.2, 0) is 0 Å². The Balaban J connectivity index is 2.53. The largest absolute Gasteiger partial charge is 0.193 e. The van der Waals surface area contributed by atoms with Crippen LogP contribution in [0.15, 0.2) is 46.7 Å². The van der Waals surface area contributed by atoms with Crippen LogP contribution >= 0.6 is 11.8 Å². The van der Waals surface area contributed by atoms with Crippen LogP contribution in [0.4, 0.5) is 0 Å². The Morgan fingerprint density at radius 1 is 1.27 bits per heavy atom. The van der Waals surface area contributed by atoms with E-state index in [9.17, 15) is 0 Å². The maximum atomic E-state index is 8.19. The molecular formula is C9H7NS. The number of nitrogens with zero attached hydrogens (tertiary/aromatic N) is 1. The van der Waals surface area contributed by atoms with Gasteiger partial charge in [-0.1, -0.05) is 30.0 Å². The SMILES string of the molecule is N#C/C=C/Sc1ccccc1. The van der Waals surface area contributed by atoms with Gasteiger partial charge in [0, 0.05) is 11.0 Å². The maximum Gasteiger partial charge on any atom is 0.0917 e. The van der Waals surface area contributed by atoms with E-state index in [-0.39, 0.29) is 0 Å². The van der Waals surface area contributed by atoms with Gasteiger partial charge in [-0.25, -0.2) is 0 Å². The molecule has 0 atom stereocenters. The van der Waals surface area contributed by atoms with Crippen LogP contribution in [0.5, 0.6) is 0 Å². The molecule has 54 valence electrons. The van der Waals surface area contributed by atoms with Crippen molar-refractivity contribution < 1.29 is 0 Å². The lowest BCUT2D eigenvalue weighted by atomic mass is 10.4. The minimum atomic E-state index is 1.15. The zero-order valence-corrected chi connectivity index (χ0v) is 6.71. The van der Waals surface area contributed by atoms with Gasteiger partial charge in [-0.05, 0) is 17.5 Å². The molecule has 0 saturated heterocycles. The van der Waals surface area contributed by atoms with Crippen molar-refractivity contribution in [3.63, 3.8) is 0 Å². The van der Waals surface area contributed by atoms with Crippen molar-refractivity contribution in [3.05, 3.63) is 41.8 Å². The van der Waals surface area contributed by atoms with Crippen LogP contribution in [0.25, 0.3) is 0 Å². The van der Waals surface area contributed by atoms with Crippen molar-refractivity contribution in [1.29, 1.82) is 5.26 Å². The third-order valence-electron chi connectivity index (χ3n) is 1.09. The summed E-state index contributed by atoms with van der Waals surface area (Å²) < 4.78 is 0. The molecule has 0 aliphatic rings. The normalized spacial score (nSPS) is 9.73. The fraction of sp³-hybridized carbons (Fsp3) is 0. The van der Waals surface area contributed by atoms with Gasteiger partial charge in [0.15, 0.2) is 0 Å². The molecule has 0 spiro atoms. The number of nitriles is 1. The smallest absolute Gasteiger partial charge is 0.0917 e. The number of hydrogen-bond donors (Lipinski definition) is 0. The second-order valence-corrected chi connectivity index (χ2v) is 2.84. The van der Waals surface area contributed by atoms with Gasteiger partial charge in [-0.3, -0.25) is 0 Å². The molecule has 1 nitrogen and oxygen atoms in total. The monoisotopic (exact) mass is 161 g/mol. The highest BCUT2D eigenvalue weighted by Crippen LogP contribution is 2.17. The van der Waals surface area contributed by atoms with Gasteiger partial charge >= 0.3 is 0 Å². The Morgan fingerprint density at radius 3 is 2.64 bits per heavy atom. The van der Waals surface area contributed by atoms with Gasteiger partial charge in [0.2, 0.25) is 0 Å². The quantitative estimate of drug-likeness (QED) is 0.492.